The number of hydrogen-bond acceptors (Lipinski definition) is 4. The van der Waals surface area contributed by atoms with Crippen molar-refractivity contribution in [3.63, 3.8) is 0 Å². The minimum atomic E-state index is -0.960. The molecule has 0 atom stereocenters. The van der Waals surface area contributed by atoms with Gasteiger partial charge in [0.05, 0.1) is 23.5 Å². The zero-order valence-corrected chi connectivity index (χ0v) is 14.7. The Kier molecular flexibility index (Phi) is 7.92. The summed E-state index contributed by atoms with van der Waals surface area (Å²) in [6.45, 7) is 0.694. The number of carboxylic acids is 1. The lowest BCUT2D eigenvalue weighted by Crippen LogP contribution is -1.96. The Morgan fingerprint density at radius 2 is 1.44 bits per heavy atom. The molecule has 0 saturated heterocycles. The second-order valence-electron chi connectivity index (χ2n) is 5.50. The van der Waals surface area contributed by atoms with Crippen LogP contribution in [0.3, 0.4) is 0 Å². The first kappa shape index (κ1) is 18.9. The van der Waals surface area contributed by atoms with Gasteiger partial charge in [0, 0.05) is 5.88 Å². The third kappa shape index (κ3) is 6.93. The molecule has 0 bridgehead atoms. The number of benzene rings is 2. The summed E-state index contributed by atoms with van der Waals surface area (Å²) in [5, 5.41) is 17.1. The van der Waals surface area contributed by atoms with Gasteiger partial charge in [0.2, 0.25) is 0 Å². The van der Waals surface area contributed by atoms with Crippen LogP contribution in [0.4, 0.5) is 11.4 Å². The predicted molar refractivity (Wildman–Crippen MR) is 98.7 cm³/mol. The number of nitrogens with zero attached hydrogens (tertiary/aromatic N) is 2. The quantitative estimate of drug-likeness (QED) is 0.322. The zero-order valence-electron chi connectivity index (χ0n) is 13.9. The normalized spacial score (nSPS) is 10.9. The number of carbonyl (C=O) groups is 1. The van der Waals surface area contributed by atoms with Gasteiger partial charge >= 0.3 is 5.97 Å². The van der Waals surface area contributed by atoms with Crippen LogP contribution in [0, 0.1) is 0 Å². The Bertz CT molecular complexity index is 685. The topological polar surface area (TPSA) is 71.2 Å². The van der Waals surface area contributed by atoms with Crippen molar-refractivity contribution >= 4 is 28.9 Å². The molecule has 0 amide bonds. The van der Waals surface area contributed by atoms with E-state index < -0.39 is 5.97 Å². The third-order valence-electron chi connectivity index (χ3n) is 3.53. The maximum atomic E-state index is 10.8. The molecule has 0 heterocycles. The highest BCUT2D eigenvalue weighted by Crippen LogP contribution is 2.21. The maximum Gasteiger partial charge on any atom is 0.335 e. The van der Waals surface area contributed by atoms with Gasteiger partial charge in [0.1, 0.15) is 5.75 Å². The van der Waals surface area contributed by atoms with Crippen LogP contribution in [0.5, 0.6) is 5.75 Å². The maximum absolute atomic E-state index is 10.8. The number of halogens is 1. The summed E-state index contributed by atoms with van der Waals surface area (Å²) in [4.78, 5) is 10.8. The summed E-state index contributed by atoms with van der Waals surface area (Å²) >= 11 is 5.64. The Morgan fingerprint density at radius 3 is 2.00 bits per heavy atom. The Hall–Kier alpha value is -2.40. The fourth-order valence-electron chi connectivity index (χ4n) is 2.14. The molecule has 2 aromatic carbocycles. The molecule has 1 N–H and O–H groups in total. The Morgan fingerprint density at radius 1 is 0.880 bits per heavy atom. The molecule has 0 aliphatic carbocycles. The largest absolute Gasteiger partial charge is 0.494 e. The standard InChI is InChI=1S/C19H21ClN2O3/c20-13-3-1-2-4-14-25-18-11-9-17(10-12-18)22-21-16-7-5-15(6-8-16)19(23)24/h5-12H,1-4,13-14H2,(H,23,24). The highest BCUT2D eigenvalue weighted by molar-refractivity contribution is 6.17. The van der Waals surface area contributed by atoms with Crippen LogP contribution in [0.25, 0.3) is 0 Å². The van der Waals surface area contributed by atoms with Crippen LogP contribution in [0.1, 0.15) is 36.0 Å². The van der Waals surface area contributed by atoms with Crippen LogP contribution >= 0.6 is 11.6 Å². The SMILES string of the molecule is O=C(O)c1ccc(N=Nc2ccc(OCCCCCCCl)cc2)cc1. The molecule has 25 heavy (non-hydrogen) atoms. The van der Waals surface area contributed by atoms with Crippen molar-refractivity contribution in [2.45, 2.75) is 25.7 Å². The van der Waals surface area contributed by atoms with Crippen molar-refractivity contribution < 1.29 is 14.6 Å². The Balaban J connectivity index is 1.80. The van der Waals surface area contributed by atoms with E-state index in [1.54, 1.807) is 12.1 Å². The van der Waals surface area contributed by atoms with E-state index >= 15 is 0 Å². The number of ether oxygens (including phenoxy) is 1. The van der Waals surface area contributed by atoms with Gasteiger partial charge in [0.25, 0.3) is 0 Å². The van der Waals surface area contributed by atoms with Crippen LogP contribution in [0.15, 0.2) is 58.8 Å². The minimum Gasteiger partial charge on any atom is -0.494 e. The average Bonchev–Trinajstić information content (AvgIpc) is 2.64. The first-order valence-corrected chi connectivity index (χ1v) is 8.76. The number of unbranched alkanes of at least 4 members (excludes halogenated alkanes) is 3. The first-order chi connectivity index (χ1) is 12.2. The molecule has 0 aliphatic rings. The molecule has 2 rings (SSSR count). The highest BCUT2D eigenvalue weighted by atomic mass is 35.5. The van der Waals surface area contributed by atoms with Crippen molar-refractivity contribution in [3.05, 3.63) is 54.1 Å². The van der Waals surface area contributed by atoms with E-state index in [1.807, 2.05) is 24.3 Å². The molecule has 0 aromatic heterocycles. The van der Waals surface area contributed by atoms with Crippen molar-refractivity contribution in [2.24, 2.45) is 10.2 Å². The van der Waals surface area contributed by atoms with Crippen molar-refractivity contribution in [1.29, 1.82) is 0 Å². The fourth-order valence-corrected chi connectivity index (χ4v) is 2.32. The molecule has 0 spiro atoms. The highest BCUT2D eigenvalue weighted by Gasteiger charge is 2.01. The van der Waals surface area contributed by atoms with Crippen LogP contribution in [0.2, 0.25) is 0 Å². The second kappa shape index (κ2) is 10.5. The second-order valence-corrected chi connectivity index (χ2v) is 5.88. The monoisotopic (exact) mass is 360 g/mol. The van der Waals surface area contributed by atoms with Gasteiger partial charge in [0.15, 0.2) is 0 Å². The van der Waals surface area contributed by atoms with E-state index in [4.69, 9.17) is 21.4 Å². The van der Waals surface area contributed by atoms with Gasteiger partial charge in [-0.3, -0.25) is 0 Å². The zero-order chi connectivity index (χ0) is 17.9. The van der Waals surface area contributed by atoms with Gasteiger partial charge in [-0.05, 0) is 61.4 Å². The lowest BCUT2D eigenvalue weighted by molar-refractivity contribution is 0.0697. The van der Waals surface area contributed by atoms with Crippen molar-refractivity contribution in [1.82, 2.24) is 0 Å². The average molecular weight is 361 g/mol. The summed E-state index contributed by atoms with van der Waals surface area (Å²) in [5.41, 5.74) is 1.53. The molecule has 5 nitrogen and oxygen atoms in total. The van der Waals surface area contributed by atoms with Crippen LogP contribution < -0.4 is 4.74 Å². The lowest BCUT2D eigenvalue weighted by atomic mass is 10.2. The number of hydrogen-bond donors (Lipinski definition) is 1. The number of carboxylic acid groups (broad SMARTS) is 1. The third-order valence-corrected chi connectivity index (χ3v) is 3.80. The lowest BCUT2D eigenvalue weighted by Gasteiger charge is -2.05. The Labute approximate surface area is 152 Å². The molecule has 0 unspecified atom stereocenters. The number of alkyl halides is 1. The molecule has 0 fully saturated rings. The molecule has 132 valence electrons. The van der Waals surface area contributed by atoms with Crippen molar-refractivity contribution in [3.8, 4) is 5.75 Å². The molecule has 0 saturated carbocycles. The summed E-state index contributed by atoms with van der Waals surface area (Å²) in [6, 6.07) is 13.6. The molecule has 6 heteroatoms. The molecule has 0 radical (unpaired) electrons. The summed E-state index contributed by atoms with van der Waals surface area (Å²) < 4.78 is 5.68. The number of azo groups is 1. The summed E-state index contributed by atoms with van der Waals surface area (Å²) in [6.07, 6.45) is 4.34. The fraction of sp³-hybridized carbons (Fsp3) is 0.316. The van der Waals surface area contributed by atoms with E-state index in [0.29, 0.717) is 18.0 Å². The summed E-state index contributed by atoms with van der Waals surface area (Å²) in [5.74, 6) is 0.570. The van der Waals surface area contributed by atoms with Crippen molar-refractivity contribution in [2.75, 3.05) is 12.5 Å². The van der Waals surface area contributed by atoms with E-state index in [9.17, 15) is 4.79 Å². The molecule has 0 aliphatic heterocycles. The van der Waals surface area contributed by atoms with Gasteiger partial charge in [-0.25, -0.2) is 4.79 Å². The van der Waals surface area contributed by atoms with Gasteiger partial charge in [-0.1, -0.05) is 12.8 Å². The number of aromatic carboxylic acids is 1. The molecular formula is C19H21ClN2O3. The predicted octanol–water partition coefficient (Wildman–Crippen LogP) is 5.98. The van der Waals surface area contributed by atoms with E-state index in [0.717, 1.165) is 37.3 Å². The first-order valence-electron chi connectivity index (χ1n) is 8.23. The van der Waals surface area contributed by atoms with Gasteiger partial charge in [-0.15, -0.1) is 11.6 Å². The van der Waals surface area contributed by atoms with E-state index in [2.05, 4.69) is 10.2 Å². The van der Waals surface area contributed by atoms with E-state index in [-0.39, 0.29) is 5.56 Å². The van der Waals surface area contributed by atoms with E-state index in [1.165, 1.54) is 12.1 Å². The van der Waals surface area contributed by atoms with Crippen LogP contribution in [-0.2, 0) is 0 Å². The summed E-state index contributed by atoms with van der Waals surface area (Å²) in [7, 11) is 0. The van der Waals surface area contributed by atoms with Gasteiger partial charge in [-0.2, -0.15) is 10.2 Å². The number of rotatable bonds is 10. The molecule has 2 aromatic rings. The molecular weight excluding hydrogens is 340 g/mol. The minimum absolute atomic E-state index is 0.225. The van der Waals surface area contributed by atoms with Gasteiger partial charge < -0.3 is 9.84 Å². The van der Waals surface area contributed by atoms with Crippen LogP contribution in [-0.4, -0.2) is 23.6 Å². The smallest absolute Gasteiger partial charge is 0.335 e.